The Morgan fingerprint density at radius 3 is 2.10 bits per heavy atom. The van der Waals surface area contributed by atoms with Gasteiger partial charge in [-0.05, 0) is 13.2 Å². The number of oxime groups is 1. The Kier molecular flexibility index (Phi) is 15.3. The van der Waals surface area contributed by atoms with E-state index in [2.05, 4.69) is 33.9 Å². The molecule has 122 valence electrons. The van der Waals surface area contributed by atoms with Gasteiger partial charge < -0.3 is 19.6 Å². The molecule has 11 heteroatoms. The van der Waals surface area contributed by atoms with Gasteiger partial charge in [0.2, 0.25) is 12.2 Å². The number of methoxy groups -OCH3 is 1. The summed E-state index contributed by atoms with van der Waals surface area (Å²) in [6.07, 6.45) is 0.766. The molecule has 0 spiro atoms. The van der Waals surface area contributed by atoms with Crippen molar-refractivity contribution in [1.82, 2.24) is 10.6 Å². The van der Waals surface area contributed by atoms with Crippen molar-refractivity contribution in [3.05, 3.63) is 0 Å². The van der Waals surface area contributed by atoms with Crippen molar-refractivity contribution in [3.63, 3.8) is 0 Å². The lowest BCUT2D eigenvalue weighted by atomic mass is 10.8. The number of thioether (sulfide) groups is 1. The van der Waals surface area contributed by atoms with Crippen molar-refractivity contribution < 1.29 is 23.3 Å². The molecule has 0 fully saturated rings. The van der Waals surface area contributed by atoms with Gasteiger partial charge in [0.25, 0.3) is 0 Å². The lowest BCUT2D eigenvalue weighted by Crippen LogP contribution is -2.16. The van der Waals surface area contributed by atoms with E-state index < -0.39 is 12.2 Å². The fourth-order valence-corrected chi connectivity index (χ4v) is 0.852. The fourth-order valence-electron chi connectivity index (χ4n) is 0.373. The van der Waals surface area contributed by atoms with E-state index in [-0.39, 0.29) is 0 Å². The minimum absolute atomic E-state index is 0.443. The smallest absolute Gasteiger partial charge is 0.433 e. The van der Waals surface area contributed by atoms with Gasteiger partial charge in [-0.25, -0.2) is 9.59 Å². The summed E-state index contributed by atoms with van der Waals surface area (Å²) in [5.41, 5.74) is 0. The van der Waals surface area contributed by atoms with Crippen LogP contribution in [0.5, 0.6) is 0 Å². The average Bonchev–Trinajstić information content (AvgIpc) is 2.51. The molecule has 0 rings (SSSR count). The van der Waals surface area contributed by atoms with Crippen LogP contribution in [0.3, 0.4) is 0 Å². The molecule has 0 aromatic rings. The number of carbonyl (C=O) groups is 2. The number of nitrogens with zero attached hydrogens (tertiary/aromatic N) is 2. The molecule has 0 unspecified atom stereocenters. The molecule has 0 heterocycles. The normalized spacial score (nSPS) is 10.8. The van der Waals surface area contributed by atoms with E-state index in [1.165, 1.54) is 33.0 Å². The zero-order chi connectivity index (χ0) is 16.7. The molecule has 2 amide bonds. The van der Waals surface area contributed by atoms with Crippen LogP contribution in [-0.2, 0) is 13.8 Å². The van der Waals surface area contributed by atoms with Crippen LogP contribution in [0.1, 0.15) is 13.8 Å². The van der Waals surface area contributed by atoms with Crippen LogP contribution < -0.4 is 10.6 Å². The van der Waals surface area contributed by atoms with Crippen LogP contribution in [0.4, 0.5) is 9.59 Å². The molecule has 9 nitrogen and oxygen atoms in total. The molecule has 0 aliphatic heterocycles. The van der Waals surface area contributed by atoms with Crippen LogP contribution in [0, 0.1) is 0 Å². The number of amides is 2. The standard InChI is InChI=1S/C5H10N2O3S.C5H10N2O2S/c1-4(9-3)7-11-10-5(8)6-2;1-4(10-3)7-9-5(8)6-2/h1-3H3,(H,6,8);1-3H3,(H,6,8)/b2*7-4+. The van der Waals surface area contributed by atoms with Crippen LogP contribution in [-0.4, -0.2) is 50.6 Å². The molecule has 0 atom stereocenters. The van der Waals surface area contributed by atoms with Gasteiger partial charge >= 0.3 is 12.2 Å². The highest BCUT2D eigenvalue weighted by Gasteiger charge is 1.97. The highest BCUT2D eigenvalue weighted by Crippen LogP contribution is 2.04. The third-order valence-corrected chi connectivity index (χ3v) is 2.76. The zero-order valence-corrected chi connectivity index (χ0v) is 14.4. The molecule has 0 bridgehead atoms. The number of carbonyl (C=O) groups excluding carboxylic acids is 2. The van der Waals surface area contributed by atoms with Crippen LogP contribution in [0.2, 0.25) is 0 Å². The zero-order valence-electron chi connectivity index (χ0n) is 12.8. The van der Waals surface area contributed by atoms with Crippen LogP contribution in [0.15, 0.2) is 9.55 Å². The van der Waals surface area contributed by atoms with Gasteiger partial charge in [0, 0.05) is 21.0 Å². The molecule has 2 N–H and O–H groups in total. The lowest BCUT2D eigenvalue weighted by Gasteiger charge is -1.97. The van der Waals surface area contributed by atoms with E-state index in [0.717, 1.165) is 0 Å². The Morgan fingerprint density at radius 1 is 1.10 bits per heavy atom. The quantitative estimate of drug-likeness (QED) is 0.202. The summed E-state index contributed by atoms with van der Waals surface area (Å²) < 4.78 is 12.8. The van der Waals surface area contributed by atoms with Crippen molar-refractivity contribution in [2.75, 3.05) is 27.5 Å². The van der Waals surface area contributed by atoms with Gasteiger partial charge in [-0.2, -0.15) is 0 Å². The van der Waals surface area contributed by atoms with Gasteiger partial charge in [-0.3, -0.25) is 4.84 Å². The Labute approximate surface area is 132 Å². The average molecular weight is 340 g/mol. The molecular weight excluding hydrogens is 320 g/mol. The maximum absolute atomic E-state index is 10.4. The third-order valence-electron chi connectivity index (χ3n) is 1.53. The van der Waals surface area contributed by atoms with Crippen LogP contribution >= 0.6 is 24.0 Å². The number of nitrogens with one attached hydrogen (secondary N) is 2. The predicted octanol–water partition coefficient (Wildman–Crippen LogP) is 2.01. The fraction of sp³-hybridized carbons (Fsp3) is 0.600. The number of hydrogen-bond acceptors (Lipinski definition) is 9. The summed E-state index contributed by atoms with van der Waals surface area (Å²) in [6, 6.07) is 0. The molecule has 0 aromatic carbocycles. The minimum Gasteiger partial charge on any atom is -0.484 e. The Morgan fingerprint density at radius 2 is 1.67 bits per heavy atom. The minimum atomic E-state index is -0.548. The second kappa shape index (κ2) is 14.8. The van der Waals surface area contributed by atoms with E-state index >= 15 is 0 Å². The maximum Gasteiger partial charge on any atom is 0.433 e. The van der Waals surface area contributed by atoms with Gasteiger partial charge in [0.15, 0.2) is 5.90 Å². The highest BCUT2D eigenvalue weighted by atomic mass is 32.2. The summed E-state index contributed by atoms with van der Waals surface area (Å²) in [5, 5.41) is 8.72. The summed E-state index contributed by atoms with van der Waals surface area (Å²) in [5.74, 6) is 0.443. The van der Waals surface area contributed by atoms with Crippen LogP contribution in [0.25, 0.3) is 0 Å². The molecule has 0 saturated carbocycles. The van der Waals surface area contributed by atoms with E-state index in [9.17, 15) is 9.59 Å². The molecule has 0 saturated heterocycles. The van der Waals surface area contributed by atoms with E-state index in [0.29, 0.717) is 23.2 Å². The van der Waals surface area contributed by atoms with E-state index in [1.54, 1.807) is 13.8 Å². The maximum atomic E-state index is 10.4. The van der Waals surface area contributed by atoms with Gasteiger partial charge in [-0.15, -0.1) is 16.2 Å². The number of ether oxygens (including phenoxy) is 1. The lowest BCUT2D eigenvalue weighted by molar-refractivity contribution is 0.153. The number of rotatable bonds is 3. The summed E-state index contributed by atoms with van der Waals surface area (Å²) >= 11 is 2.09. The highest BCUT2D eigenvalue weighted by molar-refractivity contribution is 8.13. The third kappa shape index (κ3) is 16.3. The first-order chi connectivity index (χ1) is 9.90. The summed E-state index contributed by atoms with van der Waals surface area (Å²) in [6.45, 7) is 3.41. The van der Waals surface area contributed by atoms with Crippen molar-refractivity contribution in [2.45, 2.75) is 13.8 Å². The monoisotopic (exact) mass is 340 g/mol. The van der Waals surface area contributed by atoms with Gasteiger partial charge in [0.1, 0.15) is 5.04 Å². The Hall–Kier alpha value is -1.62. The SMILES string of the molecule is CNC(=O)O/N=C(\C)SC.CNC(=O)OS/N=C(\C)OC. The second-order valence-corrected chi connectivity index (χ2v) is 4.45. The predicted molar refractivity (Wildman–Crippen MR) is 85.4 cm³/mol. The molecule has 21 heavy (non-hydrogen) atoms. The van der Waals surface area contributed by atoms with E-state index in [4.69, 9.17) is 0 Å². The first-order valence-corrected chi connectivity index (χ1v) is 7.44. The molecule has 0 aliphatic rings. The number of hydrogen-bond donors (Lipinski definition) is 2. The molecule has 0 aromatic heterocycles. The van der Waals surface area contributed by atoms with Crippen molar-refractivity contribution in [1.29, 1.82) is 0 Å². The molecular formula is C10H20N4O5S2. The Bertz CT molecular complexity index is 376. The molecule has 0 aliphatic carbocycles. The van der Waals surface area contributed by atoms with Crippen molar-refractivity contribution in [3.8, 4) is 0 Å². The first-order valence-electron chi connectivity index (χ1n) is 5.52. The second-order valence-electron chi connectivity index (χ2n) is 2.95. The Balaban J connectivity index is 0. The van der Waals surface area contributed by atoms with Crippen molar-refractivity contribution >= 4 is 47.1 Å². The summed E-state index contributed by atoms with van der Waals surface area (Å²) in [4.78, 5) is 25.2. The largest absolute Gasteiger partial charge is 0.484 e. The van der Waals surface area contributed by atoms with E-state index in [1.807, 2.05) is 6.26 Å². The molecule has 0 radical (unpaired) electrons. The van der Waals surface area contributed by atoms with Gasteiger partial charge in [-0.1, -0.05) is 5.16 Å². The first kappa shape index (κ1) is 21.7. The van der Waals surface area contributed by atoms with Gasteiger partial charge in [0.05, 0.1) is 7.11 Å². The summed E-state index contributed by atoms with van der Waals surface area (Å²) in [7, 11) is 4.43. The topological polar surface area (TPSA) is 111 Å². The van der Waals surface area contributed by atoms with Crippen molar-refractivity contribution in [2.24, 2.45) is 9.55 Å².